The molecule has 0 amide bonds. The lowest BCUT2D eigenvalue weighted by molar-refractivity contribution is -1.05. The quantitative estimate of drug-likeness (QED) is 0.610. The lowest BCUT2D eigenvalue weighted by atomic mass is 10.00. The zero-order valence-corrected chi connectivity index (χ0v) is 10.4. The van der Waals surface area contributed by atoms with Crippen molar-refractivity contribution in [3.05, 3.63) is 82.2 Å². The van der Waals surface area contributed by atoms with E-state index in [4.69, 9.17) is 0 Å². The van der Waals surface area contributed by atoms with Crippen LogP contribution in [-0.2, 0) is 4.79 Å². The van der Waals surface area contributed by atoms with Gasteiger partial charge >= 0.3 is 17.2 Å². The Morgan fingerprint density at radius 1 is 0.650 bits per heavy atom. The zero-order chi connectivity index (χ0) is 14.1. The molecule has 20 heavy (non-hydrogen) atoms. The number of ketones is 1. The zero-order valence-electron chi connectivity index (χ0n) is 10.4. The maximum Gasteiger partial charge on any atom is 0.349 e. The van der Waals surface area contributed by atoms with Gasteiger partial charge in [-0.15, -0.1) is 0 Å². The topological polar surface area (TPSA) is 69.2 Å². The molecule has 5 nitrogen and oxygen atoms in total. The molecule has 0 bridgehead atoms. The summed E-state index contributed by atoms with van der Waals surface area (Å²) in [6, 6.07) is 16.9. The number of hydrazine groups is 1. The standard InChI is InChI=1S/C15H10N2O3/c18-15-13(11-7-3-1-4-8-11)16(19)17(20)14(15)12-9-5-2-6-10-12/h1-10H. The van der Waals surface area contributed by atoms with E-state index in [0.29, 0.717) is 11.1 Å². The van der Waals surface area contributed by atoms with Crippen LogP contribution in [0.25, 0.3) is 0 Å². The first-order valence-corrected chi connectivity index (χ1v) is 6.04. The number of benzene rings is 2. The van der Waals surface area contributed by atoms with Crippen molar-refractivity contribution < 1.29 is 14.5 Å². The highest BCUT2D eigenvalue weighted by Crippen LogP contribution is 2.13. The normalized spacial score (nSPS) is 15.1. The molecular weight excluding hydrogens is 256 g/mol. The third-order valence-electron chi connectivity index (χ3n) is 3.07. The molecule has 98 valence electrons. The van der Waals surface area contributed by atoms with E-state index in [9.17, 15) is 15.2 Å². The summed E-state index contributed by atoms with van der Waals surface area (Å²) < 4.78 is 0. The monoisotopic (exact) mass is 266 g/mol. The molecule has 0 spiro atoms. The van der Waals surface area contributed by atoms with Crippen LogP contribution in [0.4, 0.5) is 0 Å². The second-order valence-electron chi connectivity index (χ2n) is 4.30. The van der Waals surface area contributed by atoms with Crippen LogP contribution in [0.1, 0.15) is 11.1 Å². The van der Waals surface area contributed by atoms with E-state index >= 15 is 0 Å². The molecule has 0 unspecified atom stereocenters. The molecule has 1 aliphatic rings. The van der Waals surface area contributed by atoms with Crippen molar-refractivity contribution in [2.45, 2.75) is 0 Å². The number of rotatable bonds is 2. The molecule has 0 saturated carbocycles. The van der Waals surface area contributed by atoms with E-state index in [1.165, 1.54) is 0 Å². The van der Waals surface area contributed by atoms with Crippen molar-refractivity contribution in [2.24, 2.45) is 0 Å². The van der Waals surface area contributed by atoms with Crippen LogP contribution >= 0.6 is 0 Å². The fourth-order valence-corrected chi connectivity index (χ4v) is 2.14. The van der Waals surface area contributed by atoms with Gasteiger partial charge in [0.25, 0.3) is 0 Å². The number of nitrogens with zero attached hydrogens (tertiary/aromatic N) is 2. The fraction of sp³-hybridized carbons (Fsp3) is 0. The Balaban J connectivity index is 2.11. The summed E-state index contributed by atoms with van der Waals surface area (Å²) in [6.07, 6.45) is 0. The minimum Gasteiger partial charge on any atom is -0.561 e. The van der Waals surface area contributed by atoms with Crippen molar-refractivity contribution in [1.29, 1.82) is 0 Å². The van der Waals surface area contributed by atoms with Crippen LogP contribution in [-0.4, -0.2) is 26.9 Å². The SMILES string of the molecule is O=C1C(c2ccccc2)=[N+]([O-])[N+]([O-])=C1c1ccccc1. The summed E-state index contributed by atoms with van der Waals surface area (Å²) in [5, 5.41) is 23.9. The third kappa shape index (κ3) is 1.76. The van der Waals surface area contributed by atoms with Gasteiger partial charge in [-0.3, -0.25) is 4.79 Å². The van der Waals surface area contributed by atoms with E-state index in [-0.39, 0.29) is 21.1 Å². The van der Waals surface area contributed by atoms with Gasteiger partial charge in [-0.05, 0) is 24.3 Å². The summed E-state index contributed by atoms with van der Waals surface area (Å²) in [7, 11) is 0. The Hall–Kier alpha value is -2.95. The van der Waals surface area contributed by atoms with E-state index < -0.39 is 5.78 Å². The largest absolute Gasteiger partial charge is 0.561 e. The number of carbonyl (C=O) groups is 1. The number of hydrazone groups is 2. The minimum absolute atomic E-state index is 0.0972. The van der Waals surface area contributed by atoms with Gasteiger partial charge in [0.2, 0.25) is 0 Å². The molecule has 3 rings (SSSR count). The van der Waals surface area contributed by atoms with Crippen LogP contribution < -0.4 is 0 Å². The predicted octanol–water partition coefficient (Wildman–Crippen LogP) is 1.48. The van der Waals surface area contributed by atoms with Gasteiger partial charge in [0.15, 0.2) is 0 Å². The lowest BCUT2D eigenvalue weighted by Gasteiger charge is -1.98. The molecule has 1 aliphatic heterocycles. The molecule has 0 saturated heterocycles. The van der Waals surface area contributed by atoms with Crippen LogP contribution in [0.5, 0.6) is 0 Å². The second kappa shape index (κ2) is 4.62. The summed E-state index contributed by atoms with van der Waals surface area (Å²) in [5.74, 6) is -0.563. The van der Waals surface area contributed by atoms with E-state index in [2.05, 4.69) is 0 Å². The number of hydrogen-bond acceptors (Lipinski definition) is 3. The van der Waals surface area contributed by atoms with Gasteiger partial charge < -0.3 is 10.4 Å². The molecule has 0 aromatic heterocycles. The van der Waals surface area contributed by atoms with Crippen LogP contribution in [0.2, 0.25) is 0 Å². The van der Waals surface area contributed by atoms with Crippen molar-refractivity contribution in [1.82, 2.24) is 0 Å². The number of Topliss-reactive ketones (excluding diaryl/α,β-unsaturated/α-hetero) is 1. The van der Waals surface area contributed by atoms with Crippen LogP contribution in [0.15, 0.2) is 60.7 Å². The Morgan fingerprint density at radius 2 is 1.00 bits per heavy atom. The van der Waals surface area contributed by atoms with Gasteiger partial charge in [-0.25, -0.2) is 0 Å². The first-order valence-electron chi connectivity index (χ1n) is 6.04. The van der Waals surface area contributed by atoms with Crippen molar-refractivity contribution in [2.75, 3.05) is 0 Å². The summed E-state index contributed by atoms with van der Waals surface area (Å²) in [6.45, 7) is 0. The molecule has 5 heteroatoms. The molecule has 2 aromatic rings. The Bertz CT molecular complexity index is 671. The maximum absolute atomic E-state index is 12.4. The first kappa shape index (κ1) is 12.1. The number of hydrogen-bond donors (Lipinski definition) is 0. The van der Waals surface area contributed by atoms with Crippen LogP contribution in [0, 0.1) is 10.4 Å². The van der Waals surface area contributed by atoms with Crippen molar-refractivity contribution in [3.8, 4) is 0 Å². The van der Waals surface area contributed by atoms with Gasteiger partial charge in [-0.1, -0.05) is 36.4 Å². The van der Waals surface area contributed by atoms with Gasteiger partial charge in [0.1, 0.15) is 0 Å². The fourth-order valence-electron chi connectivity index (χ4n) is 2.14. The Kier molecular flexibility index (Phi) is 2.80. The predicted molar refractivity (Wildman–Crippen MR) is 73.4 cm³/mol. The maximum atomic E-state index is 12.4. The second-order valence-corrected chi connectivity index (χ2v) is 4.30. The van der Waals surface area contributed by atoms with E-state index in [1.807, 2.05) is 0 Å². The molecular formula is C15H10N2O3. The molecule has 0 N–H and O–H groups in total. The van der Waals surface area contributed by atoms with Gasteiger partial charge in [0, 0.05) is 0 Å². The third-order valence-corrected chi connectivity index (χ3v) is 3.07. The number of carbonyl (C=O) groups excluding carboxylic acids is 1. The molecule has 0 fully saturated rings. The molecule has 1 heterocycles. The highest BCUT2D eigenvalue weighted by Gasteiger charge is 2.45. The van der Waals surface area contributed by atoms with Gasteiger partial charge in [-0.2, -0.15) is 0 Å². The highest BCUT2D eigenvalue weighted by atomic mass is 16.7. The molecule has 0 atom stereocenters. The molecule has 0 radical (unpaired) electrons. The average Bonchev–Trinajstić information content (AvgIpc) is 2.71. The molecule has 0 aliphatic carbocycles. The van der Waals surface area contributed by atoms with E-state index in [0.717, 1.165) is 0 Å². The Morgan fingerprint density at radius 3 is 1.35 bits per heavy atom. The minimum atomic E-state index is -0.563. The van der Waals surface area contributed by atoms with E-state index in [1.54, 1.807) is 60.7 Å². The Labute approximate surface area is 114 Å². The molecule has 2 aromatic carbocycles. The van der Waals surface area contributed by atoms with Crippen LogP contribution in [0.3, 0.4) is 0 Å². The first-order chi connectivity index (χ1) is 9.70. The lowest BCUT2D eigenvalue weighted by Crippen LogP contribution is -2.23. The summed E-state index contributed by atoms with van der Waals surface area (Å²) in [4.78, 5) is 12.6. The smallest absolute Gasteiger partial charge is 0.349 e. The highest BCUT2D eigenvalue weighted by molar-refractivity contribution is 6.70. The van der Waals surface area contributed by atoms with Gasteiger partial charge in [0.05, 0.1) is 20.8 Å². The average molecular weight is 266 g/mol. The summed E-state index contributed by atoms with van der Waals surface area (Å²) >= 11 is 0. The van der Waals surface area contributed by atoms with Crippen molar-refractivity contribution in [3.63, 3.8) is 0 Å². The summed E-state index contributed by atoms with van der Waals surface area (Å²) in [5.41, 5.74) is 0.553. The van der Waals surface area contributed by atoms with Crippen molar-refractivity contribution >= 4 is 17.2 Å².